The predicted octanol–water partition coefficient (Wildman–Crippen LogP) is 2.11. The van der Waals surface area contributed by atoms with Gasteiger partial charge in [-0.05, 0) is 5.56 Å². The number of nitrogens with zero attached hydrogens (tertiary/aromatic N) is 1. The molecule has 0 radical (unpaired) electrons. The number of carbonyl (C=O) groups is 1. The van der Waals surface area contributed by atoms with E-state index in [2.05, 4.69) is 17.0 Å². The van der Waals surface area contributed by atoms with E-state index in [-0.39, 0.29) is 17.8 Å². The third-order valence-electron chi connectivity index (χ3n) is 3.29. The highest BCUT2D eigenvalue weighted by molar-refractivity contribution is 5.85. The Labute approximate surface area is 109 Å². The monoisotopic (exact) mass is 247 g/mol. The molecule has 3 nitrogen and oxygen atoms in total. The molecule has 1 unspecified atom stereocenters. The molecule has 1 aromatic rings. The third-order valence-corrected chi connectivity index (χ3v) is 3.29. The summed E-state index contributed by atoms with van der Waals surface area (Å²) in [5.74, 6) is 0.263. The Morgan fingerprint density at radius 2 is 2.11 bits per heavy atom. The molecule has 3 heteroatoms. The van der Waals surface area contributed by atoms with Crippen LogP contribution in [0.5, 0.6) is 0 Å². The molecule has 0 aromatic heterocycles. The molecule has 0 saturated carbocycles. The fourth-order valence-corrected chi connectivity index (χ4v) is 2.23. The fraction of sp³-hybridized carbons (Fsp3) is 0.533. The zero-order valence-corrected chi connectivity index (χ0v) is 11.1. The summed E-state index contributed by atoms with van der Waals surface area (Å²) in [5, 5.41) is 0. The van der Waals surface area contributed by atoms with Crippen molar-refractivity contribution in [2.75, 3.05) is 19.7 Å². The number of hydrogen-bond acceptors (Lipinski definition) is 3. The van der Waals surface area contributed by atoms with Crippen LogP contribution in [0.25, 0.3) is 0 Å². The molecule has 2 rings (SSSR count). The highest BCUT2D eigenvalue weighted by Gasteiger charge is 2.27. The first-order chi connectivity index (χ1) is 8.66. The van der Waals surface area contributed by atoms with E-state index in [0.717, 1.165) is 13.1 Å². The number of morpholine rings is 1. The second-order valence-electron chi connectivity index (χ2n) is 5.14. The first-order valence-corrected chi connectivity index (χ1v) is 6.58. The molecule has 0 N–H and O–H groups in total. The Bertz CT molecular complexity index is 389. The van der Waals surface area contributed by atoms with Crippen LogP contribution in [0.3, 0.4) is 0 Å². The quantitative estimate of drug-likeness (QED) is 0.816. The number of ketones is 1. The highest BCUT2D eigenvalue weighted by Crippen LogP contribution is 2.13. The molecule has 18 heavy (non-hydrogen) atoms. The maximum absolute atomic E-state index is 11.9. The van der Waals surface area contributed by atoms with E-state index < -0.39 is 0 Å². The Hall–Kier alpha value is -1.19. The van der Waals surface area contributed by atoms with Crippen molar-refractivity contribution >= 4 is 5.78 Å². The van der Waals surface area contributed by atoms with Crippen LogP contribution in [0.4, 0.5) is 0 Å². The number of hydrogen-bond donors (Lipinski definition) is 0. The van der Waals surface area contributed by atoms with Crippen molar-refractivity contribution in [3.8, 4) is 0 Å². The van der Waals surface area contributed by atoms with Crippen LogP contribution in [0, 0.1) is 5.92 Å². The molecule has 0 spiro atoms. The van der Waals surface area contributed by atoms with E-state index in [4.69, 9.17) is 4.74 Å². The molecule has 1 aliphatic rings. The average molecular weight is 247 g/mol. The average Bonchev–Trinajstić information content (AvgIpc) is 2.39. The van der Waals surface area contributed by atoms with Crippen molar-refractivity contribution in [1.82, 2.24) is 4.90 Å². The molecule has 1 heterocycles. The van der Waals surface area contributed by atoms with Gasteiger partial charge in [0, 0.05) is 25.6 Å². The topological polar surface area (TPSA) is 29.5 Å². The normalized spacial score (nSPS) is 21.2. The van der Waals surface area contributed by atoms with Gasteiger partial charge in [-0.3, -0.25) is 9.69 Å². The van der Waals surface area contributed by atoms with Gasteiger partial charge in [-0.2, -0.15) is 0 Å². The number of benzene rings is 1. The fourth-order valence-electron chi connectivity index (χ4n) is 2.23. The summed E-state index contributed by atoms with van der Waals surface area (Å²) in [6, 6.07) is 10.4. The highest BCUT2D eigenvalue weighted by atomic mass is 16.5. The van der Waals surface area contributed by atoms with Gasteiger partial charge >= 0.3 is 0 Å². The minimum Gasteiger partial charge on any atom is -0.368 e. The van der Waals surface area contributed by atoms with E-state index in [1.165, 1.54) is 5.56 Å². The van der Waals surface area contributed by atoms with Crippen molar-refractivity contribution in [2.24, 2.45) is 5.92 Å². The van der Waals surface area contributed by atoms with Gasteiger partial charge in [0.15, 0.2) is 5.78 Å². The van der Waals surface area contributed by atoms with Crippen molar-refractivity contribution < 1.29 is 9.53 Å². The van der Waals surface area contributed by atoms with Crippen LogP contribution < -0.4 is 0 Å². The lowest BCUT2D eigenvalue weighted by atomic mass is 10.0. The van der Waals surface area contributed by atoms with Crippen LogP contribution >= 0.6 is 0 Å². The van der Waals surface area contributed by atoms with Gasteiger partial charge in [0.2, 0.25) is 0 Å². The number of ether oxygens (including phenoxy) is 1. The number of rotatable bonds is 4. The zero-order chi connectivity index (χ0) is 13.0. The lowest BCUT2D eigenvalue weighted by molar-refractivity contribution is -0.139. The minimum absolute atomic E-state index is 0.0478. The summed E-state index contributed by atoms with van der Waals surface area (Å²) in [7, 11) is 0. The second kappa shape index (κ2) is 6.12. The molecule has 98 valence electrons. The molecular weight excluding hydrogens is 226 g/mol. The standard InChI is InChI=1S/C15H21NO2/c1-12(2)15(17)14-11-16(8-9-18-14)10-13-6-4-3-5-7-13/h3-7,12,14H,8-11H2,1-2H3. The molecule has 1 aromatic carbocycles. The van der Waals surface area contributed by atoms with Crippen LogP contribution in [-0.2, 0) is 16.1 Å². The van der Waals surface area contributed by atoms with Crippen LogP contribution in [0.15, 0.2) is 30.3 Å². The largest absolute Gasteiger partial charge is 0.368 e. The molecule has 0 aliphatic carbocycles. The summed E-state index contributed by atoms with van der Waals surface area (Å²) in [6.45, 7) is 7.02. The Morgan fingerprint density at radius 1 is 1.39 bits per heavy atom. The van der Waals surface area contributed by atoms with E-state index in [1.807, 2.05) is 32.0 Å². The first-order valence-electron chi connectivity index (χ1n) is 6.58. The smallest absolute Gasteiger partial charge is 0.165 e. The molecule has 0 bridgehead atoms. The van der Waals surface area contributed by atoms with Gasteiger partial charge in [-0.1, -0.05) is 44.2 Å². The van der Waals surface area contributed by atoms with Gasteiger partial charge < -0.3 is 4.74 Å². The maximum Gasteiger partial charge on any atom is 0.165 e. The molecule has 1 atom stereocenters. The Balaban J connectivity index is 1.93. The Morgan fingerprint density at radius 3 is 2.78 bits per heavy atom. The molecule has 1 saturated heterocycles. The minimum atomic E-state index is -0.248. The SMILES string of the molecule is CC(C)C(=O)C1CN(Cc2ccccc2)CCO1. The van der Waals surface area contributed by atoms with Crippen LogP contribution in [-0.4, -0.2) is 36.5 Å². The van der Waals surface area contributed by atoms with Crippen molar-refractivity contribution in [3.63, 3.8) is 0 Å². The molecular formula is C15H21NO2. The van der Waals surface area contributed by atoms with Crippen molar-refractivity contribution in [3.05, 3.63) is 35.9 Å². The molecule has 0 amide bonds. The first kappa shape index (κ1) is 13.2. The second-order valence-corrected chi connectivity index (χ2v) is 5.14. The lowest BCUT2D eigenvalue weighted by Crippen LogP contribution is -2.46. The summed E-state index contributed by atoms with van der Waals surface area (Å²) in [5.41, 5.74) is 1.29. The third kappa shape index (κ3) is 3.40. The number of Topliss-reactive ketones (excluding diaryl/α,β-unsaturated/α-hetero) is 1. The van der Waals surface area contributed by atoms with E-state index in [1.54, 1.807) is 0 Å². The van der Waals surface area contributed by atoms with Crippen molar-refractivity contribution in [1.29, 1.82) is 0 Å². The van der Waals surface area contributed by atoms with Gasteiger partial charge in [-0.15, -0.1) is 0 Å². The van der Waals surface area contributed by atoms with Gasteiger partial charge in [-0.25, -0.2) is 0 Å². The van der Waals surface area contributed by atoms with E-state index >= 15 is 0 Å². The van der Waals surface area contributed by atoms with E-state index in [9.17, 15) is 4.79 Å². The summed E-state index contributed by atoms with van der Waals surface area (Å²) < 4.78 is 5.58. The summed E-state index contributed by atoms with van der Waals surface area (Å²) in [6.07, 6.45) is -0.248. The zero-order valence-electron chi connectivity index (χ0n) is 11.1. The summed E-state index contributed by atoms with van der Waals surface area (Å²) in [4.78, 5) is 14.2. The van der Waals surface area contributed by atoms with Crippen LogP contribution in [0.1, 0.15) is 19.4 Å². The molecule has 1 fully saturated rings. The lowest BCUT2D eigenvalue weighted by Gasteiger charge is -2.32. The summed E-state index contributed by atoms with van der Waals surface area (Å²) >= 11 is 0. The Kier molecular flexibility index (Phi) is 4.50. The van der Waals surface area contributed by atoms with Gasteiger partial charge in [0.25, 0.3) is 0 Å². The molecule has 1 aliphatic heterocycles. The maximum atomic E-state index is 11.9. The van der Waals surface area contributed by atoms with Crippen molar-refractivity contribution in [2.45, 2.75) is 26.5 Å². The predicted molar refractivity (Wildman–Crippen MR) is 71.3 cm³/mol. The van der Waals surface area contributed by atoms with Gasteiger partial charge in [0.1, 0.15) is 6.10 Å². The van der Waals surface area contributed by atoms with Gasteiger partial charge in [0.05, 0.1) is 6.61 Å². The van der Waals surface area contributed by atoms with Crippen LogP contribution in [0.2, 0.25) is 0 Å². The van der Waals surface area contributed by atoms with E-state index in [0.29, 0.717) is 13.2 Å². The number of carbonyl (C=O) groups excluding carboxylic acids is 1.